The van der Waals surface area contributed by atoms with Crippen molar-refractivity contribution < 1.29 is 19.1 Å². The topological polar surface area (TPSA) is 102 Å². The van der Waals surface area contributed by atoms with E-state index in [0.29, 0.717) is 22.7 Å². The van der Waals surface area contributed by atoms with Gasteiger partial charge in [-0.15, -0.1) is 21.5 Å². The van der Waals surface area contributed by atoms with E-state index < -0.39 is 11.4 Å². The van der Waals surface area contributed by atoms with Crippen molar-refractivity contribution in [3.63, 3.8) is 0 Å². The Bertz CT molecular complexity index is 1600. The minimum absolute atomic E-state index is 0.0391. The van der Waals surface area contributed by atoms with E-state index in [2.05, 4.69) is 72.3 Å². The minimum Gasteiger partial charge on any atom is -0.481 e. The van der Waals surface area contributed by atoms with Crippen LogP contribution in [0.3, 0.4) is 0 Å². The molecule has 0 unspecified atom stereocenters. The number of aromatic nitrogens is 3. The van der Waals surface area contributed by atoms with Gasteiger partial charge in [-0.25, -0.2) is 4.98 Å². The third-order valence-electron chi connectivity index (χ3n) is 9.06. The summed E-state index contributed by atoms with van der Waals surface area (Å²) in [6, 6.07) is 13.5. The molecule has 1 atom stereocenters. The maximum absolute atomic E-state index is 11.6. The molecular weight excluding hydrogens is 548 g/mol. The van der Waals surface area contributed by atoms with Crippen LogP contribution >= 0.6 is 11.3 Å². The van der Waals surface area contributed by atoms with Crippen LogP contribution in [-0.4, -0.2) is 56.5 Å². The SMILES string of the molecule is C[C@@H](c1ccc(-c2sc(-c3nnc(CC(C)(C)C(=O)O)o3)nc2CC2CCC2)c2ccccc12)N1CCOCC1(C)C. The van der Waals surface area contributed by atoms with Crippen LogP contribution in [0.5, 0.6) is 0 Å². The van der Waals surface area contributed by atoms with Crippen LogP contribution in [0.2, 0.25) is 0 Å². The summed E-state index contributed by atoms with van der Waals surface area (Å²) < 4.78 is 11.8. The second-order valence-corrected chi connectivity index (χ2v) is 14.1. The van der Waals surface area contributed by atoms with Crippen molar-refractivity contribution in [1.82, 2.24) is 20.1 Å². The first-order chi connectivity index (χ1) is 20.0. The van der Waals surface area contributed by atoms with Gasteiger partial charge < -0.3 is 14.3 Å². The number of carboxylic acids is 1. The standard InChI is InChI=1S/C33H40N4O4S/c1-20(37-15-16-40-19-33(37,4)5)22-13-14-25(24-12-7-6-11-23(22)24)28-26(17-21-9-8-10-21)34-30(42-28)29-36-35-27(41-29)18-32(2,3)31(38)39/h6-7,11-14,20-21H,8-10,15-19H2,1-5H3,(H,38,39)/t20-/m0/s1. The van der Waals surface area contributed by atoms with Crippen LogP contribution in [0.1, 0.15) is 77.1 Å². The highest BCUT2D eigenvalue weighted by atomic mass is 32.1. The van der Waals surface area contributed by atoms with E-state index in [4.69, 9.17) is 14.1 Å². The molecule has 1 aliphatic carbocycles. The molecule has 0 bridgehead atoms. The molecule has 2 fully saturated rings. The van der Waals surface area contributed by atoms with Gasteiger partial charge in [-0.1, -0.05) is 55.7 Å². The first-order valence-corrected chi connectivity index (χ1v) is 15.8. The number of rotatable bonds is 9. The van der Waals surface area contributed by atoms with Crippen molar-refractivity contribution in [3.8, 4) is 21.3 Å². The molecule has 1 saturated heterocycles. The predicted molar refractivity (Wildman–Crippen MR) is 165 cm³/mol. The summed E-state index contributed by atoms with van der Waals surface area (Å²) in [4.78, 5) is 20.4. The fourth-order valence-electron chi connectivity index (χ4n) is 6.27. The molecule has 222 valence electrons. The van der Waals surface area contributed by atoms with Crippen LogP contribution in [0, 0.1) is 11.3 Å². The minimum atomic E-state index is -0.999. The van der Waals surface area contributed by atoms with E-state index in [1.165, 1.54) is 41.2 Å². The number of aliphatic carboxylic acids is 1. The molecule has 2 aromatic carbocycles. The highest BCUT2D eigenvalue weighted by Gasteiger charge is 2.35. The lowest BCUT2D eigenvalue weighted by atomic mass is 9.81. The van der Waals surface area contributed by atoms with Gasteiger partial charge in [0.15, 0.2) is 5.01 Å². The summed E-state index contributed by atoms with van der Waals surface area (Å²) >= 11 is 1.59. The van der Waals surface area contributed by atoms with Crippen LogP contribution in [-0.2, 0) is 22.4 Å². The van der Waals surface area contributed by atoms with Crippen molar-refractivity contribution in [2.45, 2.75) is 78.3 Å². The highest BCUT2D eigenvalue weighted by Crippen LogP contribution is 2.44. The molecule has 1 aliphatic heterocycles. The average Bonchev–Trinajstić information content (AvgIpc) is 3.56. The molecule has 4 aromatic rings. The quantitative estimate of drug-likeness (QED) is 0.219. The number of hydrogen-bond donors (Lipinski definition) is 1. The van der Waals surface area contributed by atoms with Crippen LogP contribution < -0.4 is 0 Å². The first-order valence-electron chi connectivity index (χ1n) is 15.0. The molecule has 0 spiro atoms. The molecule has 1 N–H and O–H groups in total. The van der Waals surface area contributed by atoms with Crippen molar-refractivity contribution >= 4 is 28.1 Å². The Kier molecular flexibility index (Phi) is 7.70. The summed E-state index contributed by atoms with van der Waals surface area (Å²) in [5.74, 6) is 0.400. The summed E-state index contributed by atoms with van der Waals surface area (Å²) in [6.45, 7) is 12.5. The Labute approximate surface area is 251 Å². The average molecular weight is 589 g/mol. The largest absolute Gasteiger partial charge is 0.481 e. The lowest BCUT2D eigenvalue weighted by molar-refractivity contribution is -0.147. The molecule has 9 heteroatoms. The lowest BCUT2D eigenvalue weighted by Crippen LogP contribution is -2.53. The summed E-state index contributed by atoms with van der Waals surface area (Å²) in [5, 5.41) is 21.1. The molecule has 6 rings (SSSR count). The van der Waals surface area contributed by atoms with Crippen LogP contribution in [0.15, 0.2) is 40.8 Å². The zero-order valence-electron chi connectivity index (χ0n) is 25.1. The van der Waals surface area contributed by atoms with E-state index in [9.17, 15) is 9.90 Å². The number of morpholine rings is 1. The first kappa shape index (κ1) is 29.0. The molecule has 0 amide bonds. The number of fused-ring (bicyclic) bond motifs is 1. The predicted octanol–water partition coefficient (Wildman–Crippen LogP) is 7.18. The summed E-state index contributed by atoms with van der Waals surface area (Å²) in [5.41, 5.74) is 2.53. The smallest absolute Gasteiger partial charge is 0.309 e. The van der Waals surface area contributed by atoms with Crippen molar-refractivity contribution in [2.24, 2.45) is 11.3 Å². The second-order valence-electron chi connectivity index (χ2n) is 13.1. The monoisotopic (exact) mass is 588 g/mol. The molecule has 3 heterocycles. The Hall–Kier alpha value is -3.14. The van der Waals surface area contributed by atoms with Crippen molar-refractivity contribution in [1.29, 1.82) is 0 Å². The van der Waals surface area contributed by atoms with Gasteiger partial charge in [0, 0.05) is 30.1 Å². The number of carbonyl (C=O) groups is 1. The third-order valence-corrected chi connectivity index (χ3v) is 10.2. The number of thiazole rings is 1. The Morgan fingerprint density at radius 2 is 1.93 bits per heavy atom. The van der Waals surface area contributed by atoms with E-state index >= 15 is 0 Å². The molecule has 8 nitrogen and oxygen atoms in total. The number of nitrogens with zero attached hydrogens (tertiary/aromatic N) is 4. The number of hydrogen-bond acceptors (Lipinski definition) is 8. The lowest BCUT2D eigenvalue weighted by Gasteiger charge is -2.46. The van der Waals surface area contributed by atoms with Crippen LogP contribution in [0.4, 0.5) is 0 Å². The summed E-state index contributed by atoms with van der Waals surface area (Å²) in [7, 11) is 0. The maximum atomic E-state index is 11.6. The summed E-state index contributed by atoms with van der Waals surface area (Å²) in [6.07, 6.45) is 4.82. The van der Waals surface area contributed by atoms with E-state index in [1.807, 2.05) is 0 Å². The maximum Gasteiger partial charge on any atom is 0.309 e. The zero-order chi connectivity index (χ0) is 29.6. The van der Waals surface area contributed by atoms with Gasteiger partial charge >= 0.3 is 5.97 Å². The number of carboxylic acid groups (broad SMARTS) is 1. The van der Waals surface area contributed by atoms with E-state index in [-0.39, 0.29) is 18.0 Å². The molecular formula is C33H40N4O4S. The fourth-order valence-corrected chi connectivity index (χ4v) is 7.32. The molecule has 0 radical (unpaired) electrons. The molecule has 2 aliphatic rings. The third kappa shape index (κ3) is 5.50. The fraction of sp³-hybridized carbons (Fsp3) is 0.515. The highest BCUT2D eigenvalue weighted by molar-refractivity contribution is 7.18. The van der Waals surface area contributed by atoms with Gasteiger partial charge in [0.25, 0.3) is 5.89 Å². The Morgan fingerprint density at radius 3 is 2.62 bits per heavy atom. The zero-order valence-corrected chi connectivity index (χ0v) is 26.0. The second kappa shape index (κ2) is 11.2. The van der Waals surface area contributed by atoms with Gasteiger partial charge in [-0.3, -0.25) is 9.69 Å². The van der Waals surface area contributed by atoms with Crippen molar-refractivity contribution in [3.05, 3.63) is 53.5 Å². The molecule has 42 heavy (non-hydrogen) atoms. The Morgan fingerprint density at radius 1 is 1.17 bits per heavy atom. The van der Waals surface area contributed by atoms with Crippen LogP contribution in [0.25, 0.3) is 32.1 Å². The number of ether oxygens (including phenoxy) is 1. The van der Waals surface area contributed by atoms with Crippen molar-refractivity contribution in [2.75, 3.05) is 19.8 Å². The van der Waals surface area contributed by atoms with E-state index in [0.717, 1.165) is 36.8 Å². The van der Waals surface area contributed by atoms with Gasteiger partial charge in [0.1, 0.15) is 0 Å². The molecule has 2 aromatic heterocycles. The number of benzene rings is 2. The van der Waals surface area contributed by atoms with Gasteiger partial charge in [0.2, 0.25) is 5.89 Å². The van der Waals surface area contributed by atoms with Gasteiger partial charge in [-0.05, 0) is 63.3 Å². The Balaban J connectivity index is 1.40. The normalized spacial score (nSPS) is 18.7. The van der Waals surface area contributed by atoms with E-state index in [1.54, 1.807) is 25.2 Å². The van der Waals surface area contributed by atoms with Gasteiger partial charge in [0.05, 0.1) is 29.2 Å². The molecule has 1 saturated carbocycles. The van der Waals surface area contributed by atoms with Gasteiger partial charge in [-0.2, -0.15) is 0 Å².